The van der Waals surface area contributed by atoms with Crippen LogP contribution in [0.1, 0.15) is 18.4 Å². The van der Waals surface area contributed by atoms with Crippen LogP contribution >= 0.6 is 0 Å². The van der Waals surface area contributed by atoms with E-state index >= 15 is 0 Å². The summed E-state index contributed by atoms with van der Waals surface area (Å²) in [6.45, 7) is 1.75. The zero-order valence-corrected chi connectivity index (χ0v) is 9.96. The molecule has 5 nitrogen and oxygen atoms in total. The van der Waals surface area contributed by atoms with Crippen LogP contribution in [0.25, 0.3) is 0 Å². The molecule has 18 heavy (non-hydrogen) atoms. The van der Waals surface area contributed by atoms with Crippen molar-refractivity contribution in [3.63, 3.8) is 0 Å². The van der Waals surface area contributed by atoms with Crippen molar-refractivity contribution in [2.24, 2.45) is 0 Å². The van der Waals surface area contributed by atoms with Gasteiger partial charge in [0.25, 0.3) is 0 Å². The second-order valence-electron chi connectivity index (χ2n) is 4.65. The van der Waals surface area contributed by atoms with E-state index in [1.165, 1.54) is 0 Å². The van der Waals surface area contributed by atoms with Gasteiger partial charge in [-0.2, -0.15) is 0 Å². The fraction of sp³-hybridized carbons (Fsp3) is 0.462. The predicted octanol–water partition coefficient (Wildman–Crippen LogP) is 1.46. The van der Waals surface area contributed by atoms with Gasteiger partial charge in [-0.15, -0.1) is 0 Å². The Morgan fingerprint density at radius 1 is 1.39 bits per heavy atom. The van der Waals surface area contributed by atoms with Gasteiger partial charge in [-0.25, -0.2) is 0 Å². The lowest BCUT2D eigenvalue weighted by Crippen LogP contribution is -2.35. The molecular weight excluding hydrogens is 234 g/mol. The molecule has 0 radical (unpaired) electrons. The number of likely N-dealkylation sites (tertiary alicyclic amines) is 1. The zero-order chi connectivity index (χ0) is 12.5. The van der Waals surface area contributed by atoms with Gasteiger partial charge in [-0.1, -0.05) is 6.07 Å². The largest absolute Gasteiger partial charge is 0.480 e. The van der Waals surface area contributed by atoms with E-state index in [0.717, 1.165) is 36.4 Å². The summed E-state index contributed by atoms with van der Waals surface area (Å²) in [7, 11) is 0. The van der Waals surface area contributed by atoms with Crippen LogP contribution < -0.4 is 9.47 Å². The first-order chi connectivity index (χ1) is 8.74. The summed E-state index contributed by atoms with van der Waals surface area (Å²) < 4.78 is 10.6. The van der Waals surface area contributed by atoms with Crippen molar-refractivity contribution in [1.82, 2.24) is 4.90 Å². The second kappa shape index (κ2) is 4.49. The molecule has 1 fully saturated rings. The fourth-order valence-corrected chi connectivity index (χ4v) is 2.57. The molecular formula is C13H15NO4. The minimum Gasteiger partial charge on any atom is -0.480 e. The summed E-state index contributed by atoms with van der Waals surface area (Å²) in [4.78, 5) is 13.1. The minimum absolute atomic E-state index is 0.264. The average molecular weight is 249 g/mol. The summed E-state index contributed by atoms with van der Waals surface area (Å²) >= 11 is 0. The number of nitrogens with zero attached hydrogens (tertiary/aromatic N) is 1. The van der Waals surface area contributed by atoms with Crippen LogP contribution in [0, 0.1) is 0 Å². The molecule has 1 atom stereocenters. The average Bonchev–Trinajstić information content (AvgIpc) is 2.96. The van der Waals surface area contributed by atoms with Crippen molar-refractivity contribution in [1.29, 1.82) is 0 Å². The van der Waals surface area contributed by atoms with Gasteiger partial charge in [0.05, 0.1) is 0 Å². The molecule has 2 heterocycles. The summed E-state index contributed by atoms with van der Waals surface area (Å²) in [5.41, 5.74) is 1.06. The summed E-state index contributed by atoms with van der Waals surface area (Å²) in [5.74, 6) is 0.779. The number of aliphatic carboxylic acids is 1. The highest BCUT2D eigenvalue weighted by molar-refractivity contribution is 5.73. The molecule has 0 spiro atoms. The highest BCUT2D eigenvalue weighted by Crippen LogP contribution is 2.33. The number of carboxylic acid groups (broad SMARTS) is 1. The molecule has 0 aliphatic carbocycles. The van der Waals surface area contributed by atoms with Gasteiger partial charge in [0, 0.05) is 6.54 Å². The maximum atomic E-state index is 11.1. The molecule has 0 aromatic heterocycles. The Hall–Kier alpha value is -1.75. The topological polar surface area (TPSA) is 59.0 Å². The summed E-state index contributed by atoms with van der Waals surface area (Å²) in [6, 6.07) is 5.42. The molecule has 1 saturated heterocycles. The van der Waals surface area contributed by atoms with Gasteiger partial charge in [-0.05, 0) is 37.1 Å². The Labute approximate surface area is 105 Å². The molecule has 3 rings (SSSR count). The summed E-state index contributed by atoms with van der Waals surface area (Å²) in [5, 5.41) is 9.13. The molecule has 1 N–H and O–H groups in total. The van der Waals surface area contributed by atoms with Gasteiger partial charge >= 0.3 is 5.97 Å². The maximum Gasteiger partial charge on any atom is 0.320 e. The molecule has 2 aliphatic heterocycles. The standard InChI is InChI=1S/C13H15NO4/c15-13(16)10-2-1-5-14(10)7-9-3-4-11-12(6-9)18-8-17-11/h3-4,6,10H,1-2,5,7-8H2,(H,15,16)/t10-/m1/s1. The molecule has 0 amide bonds. The van der Waals surface area contributed by atoms with Crippen molar-refractivity contribution in [3.8, 4) is 11.5 Å². The SMILES string of the molecule is O=C(O)[C@H]1CCCN1Cc1ccc2c(c1)OCO2. The van der Waals surface area contributed by atoms with E-state index in [0.29, 0.717) is 6.54 Å². The van der Waals surface area contributed by atoms with E-state index < -0.39 is 5.97 Å². The lowest BCUT2D eigenvalue weighted by Gasteiger charge is -2.21. The van der Waals surface area contributed by atoms with E-state index in [4.69, 9.17) is 14.6 Å². The van der Waals surface area contributed by atoms with Crippen molar-refractivity contribution < 1.29 is 19.4 Å². The third-order valence-corrected chi connectivity index (χ3v) is 3.47. The third kappa shape index (κ3) is 2.01. The normalized spacial score (nSPS) is 22.3. The van der Waals surface area contributed by atoms with Gasteiger partial charge in [0.2, 0.25) is 6.79 Å². The first-order valence-electron chi connectivity index (χ1n) is 6.09. The Bertz CT molecular complexity index is 474. The Balaban J connectivity index is 1.74. The van der Waals surface area contributed by atoms with E-state index in [-0.39, 0.29) is 12.8 Å². The number of hydrogen-bond donors (Lipinski definition) is 1. The van der Waals surface area contributed by atoms with Crippen molar-refractivity contribution in [2.45, 2.75) is 25.4 Å². The number of ether oxygens (including phenoxy) is 2. The zero-order valence-electron chi connectivity index (χ0n) is 9.96. The number of rotatable bonds is 3. The van der Waals surface area contributed by atoms with E-state index in [2.05, 4.69) is 0 Å². The second-order valence-corrected chi connectivity index (χ2v) is 4.65. The van der Waals surface area contributed by atoms with Crippen LogP contribution in [0.5, 0.6) is 11.5 Å². The third-order valence-electron chi connectivity index (χ3n) is 3.47. The van der Waals surface area contributed by atoms with Gasteiger partial charge in [0.1, 0.15) is 6.04 Å². The lowest BCUT2D eigenvalue weighted by molar-refractivity contribution is -0.142. The van der Waals surface area contributed by atoms with Crippen LogP contribution in [-0.4, -0.2) is 35.4 Å². The fourth-order valence-electron chi connectivity index (χ4n) is 2.57. The lowest BCUT2D eigenvalue weighted by atomic mass is 10.1. The monoisotopic (exact) mass is 249 g/mol. The van der Waals surface area contributed by atoms with E-state index in [1.54, 1.807) is 0 Å². The summed E-state index contributed by atoms with van der Waals surface area (Å²) in [6.07, 6.45) is 1.68. The van der Waals surface area contributed by atoms with Crippen molar-refractivity contribution in [2.75, 3.05) is 13.3 Å². The Morgan fingerprint density at radius 3 is 3.06 bits per heavy atom. The van der Waals surface area contributed by atoms with Gasteiger partial charge < -0.3 is 14.6 Å². The van der Waals surface area contributed by atoms with Crippen molar-refractivity contribution in [3.05, 3.63) is 23.8 Å². The highest BCUT2D eigenvalue weighted by Gasteiger charge is 2.30. The number of carboxylic acids is 1. The van der Waals surface area contributed by atoms with Crippen LogP contribution in [-0.2, 0) is 11.3 Å². The molecule has 1 aromatic rings. The van der Waals surface area contributed by atoms with Gasteiger partial charge in [0.15, 0.2) is 11.5 Å². The van der Waals surface area contributed by atoms with Crippen molar-refractivity contribution >= 4 is 5.97 Å². The van der Waals surface area contributed by atoms with Crippen LogP contribution in [0.3, 0.4) is 0 Å². The number of hydrogen-bond acceptors (Lipinski definition) is 4. The first-order valence-corrected chi connectivity index (χ1v) is 6.09. The van der Waals surface area contributed by atoms with Crippen LogP contribution in [0.2, 0.25) is 0 Å². The predicted molar refractivity (Wildman–Crippen MR) is 63.6 cm³/mol. The molecule has 2 aliphatic rings. The molecule has 0 bridgehead atoms. The van der Waals surface area contributed by atoms with E-state index in [1.807, 2.05) is 23.1 Å². The Morgan fingerprint density at radius 2 is 2.22 bits per heavy atom. The minimum atomic E-state index is -0.728. The molecule has 0 unspecified atom stereocenters. The molecule has 5 heteroatoms. The van der Waals surface area contributed by atoms with Crippen LogP contribution in [0.15, 0.2) is 18.2 Å². The number of benzene rings is 1. The van der Waals surface area contributed by atoms with Crippen LogP contribution in [0.4, 0.5) is 0 Å². The number of fused-ring (bicyclic) bond motifs is 1. The highest BCUT2D eigenvalue weighted by atomic mass is 16.7. The molecule has 96 valence electrons. The first kappa shape index (κ1) is 11.3. The van der Waals surface area contributed by atoms with E-state index in [9.17, 15) is 4.79 Å². The number of carbonyl (C=O) groups is 1. The Kier molecular flexibility index (Phi) is 2.83. The smallest absolute Gasteiger partial charge is 0.320 e. The molecule has 1 aromatic carbocycles. The maximum absolute atomic E-state index is 11.1. The quantitative estimate of drug-likeness (QED) is 0.879. The molecule has 0 saturated carbocycles. The van der Waals surface area contributed by atoms with Gasteiger partial charge in [-0.3, -0.25) is 9.69 Å².